The number of esters is 1. The molecule has 2 amide bonds. The first-order valence-electron chi connectivity index (χ1n) is 8.72. The maximum Gasteiger partial charge on any atom is 0.306 e. The lowest BCUT2D eigenvalue weighted by Crippen LogP contribution is -2.21. The Bertz CT molecular complexity index is 904. The van der Waals surface area contributed by atoms with Gasteiger partial charge in [0.25, 0.3) is 5.91 Å². The van der Waals surface area contributed by atoms with E-state index in [0.717, 1.165) is 11.1 Å². The van der Waals surface area contributed by atoms with Crippen LogP contribution in [0.4, 0.5) is 5.69 Å². The zero-order chi connectivity index (χ0) is 20.7. The summed E-state index contributed by atoms with van der Waals surface area (Å²) in [5.74, 6) is -1.88. The van der Waals surface area contributed by atoms with Crippen LogP contribution in [0, 0.1) is 13.8 Å². The summed E-state index contributed by atoms with van der Waals surface area (Å²) in [6, 6.07) is 11.4. The summed E-state index contributed by atoms with van der Waals surface area (Å²) in [5.41, 5.74) is 8.54. The fourth-order valence-corrected chi connectivity index (χ4v) is 2.41. The molecule has 7 nitrogen and oxygen atoms in total. The quantitative estimate of drug-likeness (QED) is 0.538. The van der Waals surface area contributed by atoms with E-state index in [4.69, 9.17) is 10.5 Å². The molecule has 146 valence electrons. The minimum absolute atomic E-state index is 0.0114. The number of hydrogen-bond donors (Lipinski definition) is 2. The summed E-state index contributed by atoms with van der Waals surface area (Å²) >= 11 is 0. The molecule has 0 aliphatic rings. The number of ether oxygens (including phenoxy) is 1. The molecule has 0 aliphatic heterocycles. The fraction of sp³-hybridized carbons (Fsp3) is 0.238. The third-order valence-corrected chi connectivity index (χ3v) is 4.20. The molecule has 0 saturated carbocycles. The average Bonchev–Trinajstić information content (AvgIpc) is 2.67. The SMILES string of the molecule is Cc1ccc(C(=O)CCC(=O)OCC(=O)Nc2ccc(C(N)=O)cc2)cc1C. The van der Waals surface area contributed by atoms with Crippen molar-refractivity contribution < 1.29 is 23.9 Å². The Morgan fingerprint density at radius 2 is 1.54 bits per heavy atom. The second-order valence-corrected chi connectivity index (χ2v) is 6.37. The molecule has 2 rings (SSSR count). The summed E-state index contributed by atoms with van der Waals surface area (Å²) in [5, 5.41) is 2.53. The van der Waals surface area contributed by atoms with Crippen LogP contribution in [0.25, 0.3) is 0 Å². The first kappa shape index (κ1) is 20.8. The summed E-state index contributed by atoms with van der Waals surface area (Å²) in [7, 11) is 0. The Kier molecular flexibility index (Phi) is 7.03. The van der Waals surface area contributed by atoms with Gasteiger partial charge in [-0.15, -0.1) is 0 Å². The highest BCUT2D eigenvalue weighted by atomic mass is 16.5. The van der Waals surface area contributed by atoms with Crippen LogP contribution in [0.5, 0.6) is 0 Å². The third-order valence-electron chi connectivity index (χ3n) is 4.20. The molecule has 2 aromatic carbocycles. The van der Waals surface area contributed by atoms with E-state index in [1.54, 1.807) is 12.1 Å². The molecule has 0 atom stereocenters. The van der Waals surface area contributed by atoms with E-state index < -0.39 is 24.4 Å². The number of anilines is 1. The van der Waals surface area contributed by atoms with Gasteiger partial charge < -0.3 is 15.8 Å². The van der Waals surface area contributed by atoms with E-state index in [1.165, 1.54) is 24.3 Å². The van der Waals surface area contributed by atoms with Gasteiger partial charge in [-0.05, 0) is 55.3 Å². The number of hydrogen-bond acceptors (Lipinski definition) is 5. The second kappa shape index (κ2) is 9.45. The number of rotatable bonds is 8. The number of aryl methyl sites for hydroxylation is 2. The van der Waals surface area contributed by atoms with Crippen LogP contribution >= 0.6 is 0 Å². The van der Waals surface area contributed by atoms with Gasteiger partial charge in [0, 0.05) is 23.2 Å². The van der Waals surface area contributed by atoms with E-state index in [-0.39, 0.29) is 18.6 Å². The van der Waals surface area contributed by atoms with Gasteiger partial charge in [-0.25, -0.2) is 0 Å². The molecule has 0 aromatic heterocycles. The van der Waals surface area contributed by atoms with Gasteiger partial charge in [-0.1, -0.05) is 12.1 Å². The van der Waals surface area contributed by atoms with Crippen LogP contribution in [-0.4, -0.2) is 30.2 Å². The Morgan fingerprint density at radius 1 is 0.893 bits per heavy atom. The molecule has 0 radical (unpaired) electrons. The van der Waals surface area contributed by atoms with E-state index in [9.17, 15) is 19.2 Å². The van der Waals surface area contributed by atoms with Gasteiger partial charge in [0.05, 0.1) is 6.42 Å². The minimum Gasteiger partial charge on any atom is -0.456 e. The summed E-state index contributed by atoms with van der Waals surface area (Å²) in [6.45, 7) is 3.41. The van der Waals surface area contributed by atoms with Crippen LogP contribution in [-0.2, 0) is 14.3 Å². The number of primary amides is 1. The molecule has 0 fully saturated rings. The van der Waals surface area contributed by atoms with Crippen molar-refractivity contribution >= 4 is 29.3 Å². The third kappa shape index (κ3) is 6.05. The number of nitrogens with one attached hydrogen (secondary N) is 1. The van der Waals surface area contributed by atoms with Crippen molar-refractivity contribution in [2.45, 2.75) is 26.7 Å². The standard InChI is InChI=1S/C21H22N2O5/c1-13-3-4-16(11-14(13)2)18(24)9-10-20(26)28-12-19(25)23-17-7-5-15(6-8-17)21(22)27/h3-8,11H,9-10,12H2,1-2H3,(H2,22,27)(H,23,25). The molecule has 28 heavy (non-hydrogen) atoms. The Balaban J connectivity index is 1.75. The summed E-state index contributed by atoms with van der Waals surface area (Å²) < 4.78 is 4.89. The van der Waals surface area contributed by atoms with Gasteiger partial charge >= 0.3 is 5.97 Å². The van der Waals surface area contributed by atoms with Crippen molar-refractivity contribution in [1.29, 1.82) is 0 Å². The maximum absolute atomic E-state index is 12.1. The van der Waals surface area contributed by atoms with E-state index >= 15 is 0 Å². The number of Topliss-reactive ketones (excluding diaryl/α,β-unsaturated/α-hetero) is 1. The zero-order valence-electron chi connectivity index (χ0n) is 15.8. The van der Waals surface area contributed by atoms with Crippen molar-refractivity contribution in [3.8, 4) is 0 Å². The molecular formula is C21H22N2O5. The molecule has 3 N–H and O–H groups in total. The van der Waals surface area contributed by atoms with E-state index in [0.29, 0.717) is 16.8 Å². The first-order chi connectivity index (χ1) is 13.3. The highest BCUT2D eigenvalue weighted by Crippen LogP contribution is 2.13. The van der Waals surface area contributed by atoms with Crippen molar-refractivity contribution in [2.24, 2.45) is 5.73 Å². The van der Waals surface area contributed by atoms with Crippen LogP contribution < -0.4 is 11.1 Å². The largest absolute Gasteiger partial charge is 0.456 e. The fourth-order valence-electron chi connectivity index (χ4n) is 2.41. The number of amides is 2. The van der Waals surface area contributed by atoms with Gasteiger partial charge in [-0.2, -0.15) is 0 Å². The van der Waals surface area contributed by atoms with Crippen LogP contribution in [0.3, 0.4) is 0 Å². The zero-order valence-corrected chi connectivity index (χ0v) is 15.8. The monoisotopic (exact) mass is 382 g/mol. The summed E-state index contributed by atoms with van der Waals surface area (Å²) in [6.07, 6.45) is -0.0934. The molecule has 0 spiro atoms. The van der Waals surface area contributed by atoms with Gasteiger partial charge in [0.1, 0.15) is 0 Å². The number of ketones is 1. The van der Waals surface area contributed by atoms with Crippen LogP contribution in [0.15, 0.2) is 42.5 Å². The maximum atomic E-state index is 12.1. The minimum atomic E-state index is -0.628. The van der Waals surface area contributed by atoms with E-state index in [2.05, 4.69) is 5.32 Å². The normalized spacial score (nSPS) is 10.2. The number of nitrogens with two attached hydrogens (primary N) is 1. The lowest BCUT2D eigenvalue weighted by Gasteiger charge is -2.07. The molecule has 0 heterocycles. The molecule has 0 unspecified atom stereocenters. The molecule has 0 aliphatic carbocycles. The molecule has 0 bridgehead atoms. The van der Waals surface area contributed by atoms with Gasteiger partial charge in [0.2, 0.25) is 5.91 Å². The highest BCUT2D eigenvalue weighted by Gasteiger charge is 2.13. The lowest BCUT2D eigenvalue weighted by molar-refractivity contribution is -0.147. The molecule has 7 heteroatoms. The summed E-state index contributed by atoms with van der Waals surface area (Å²) in [4.78, 5) is 46.7. The highest BCUT2D eigenvalue weighted by molar-refractivity contribution is 5.98. The topological polar surface area (TPSA) is 116 Å². The average molecular weight is 382 g/mol. The first-order valence-corrected chi connectivity index (χ1v) is 8.72. The molecular weight excluding hydrogens is 360 g/mol. The Hall–Kier alpha value is -3.48. The van der Waals surface area contributed by atoms with Gasteiger partial charge in [-0.3, -0.25) is 19.2 Å². The van der Waals surface area contributed by atoms with Crippen molar-refractivity contribution in [1.82, 2.24) is 0 Å². The Labute approximate surface area is 162 Å². The molecule has 2 aromatic rings. The Morgan fingerprint density at radius 3 is 2.14 bits per heavy atom. The van der Waals surface area contributed by atoms with Crippen LogP contribution in [0.1, 0.15) is 44.7 Å². The second-order valence-electron chi connectivity index (χ2n) is 6.37. The van der Waals surface area contributed by atoms with Crippen molar-refractivity contribution in [3.63, 3.8) is 0 Å². The number of carbonyl (C=O) groups is 4. The van der Waals surface area contributed by atoms with Crippen LogP contribution in [0.2, 0.25) is 0 Å². The number of carbonyl (C=O) groups excluding carboxylic acids is 4. The lowest BCUT2D eigenvalue weighted by atomic mass is 10.0. The predicted molar refractivity (Wildman–Crippen MR) is 104 cm³/mol. The smallest absolute Gasteiger partial charge is 0.306 e. The molecule has 0 saturated heterocycles. The van der Waals surface area contributed by atoms with Crippen molar-refractivity contribution in [2.75, 3.05) is 11.9 Å². The van der Waals surface area contributed by atoms with Crippen molar-refractivity contribution in [3.05, 3.63) is 64.7 Å². The van der Waals surface area contributed by atoms with Gasteiger partial charge in [0.15, 0.2) is 12.4 Å². The number of benzene rings is 2. The van der Waals surface area contributed by atoms with E-state index in [1.807, 2.05) is 19.9 Å². The predicted octanol–water partition coefficient (Wildman–Crippen LogP) is 2.55.